The number of hydrogen-bond donors (Lipinski definition) is 1. The summed E-state index contributed by atoms with van der Waals surface area (Å²) < 4.78 is 5.78. The average Bonchev–Trinajstić information content (AvgIpc) is 2.61. The fourth-order valence-electron chi connectivity index (χ4n) is 1.50. The molecule has 1 atom stereocenters. The van der Waals surface area contributed by atoms with E-state index in [1.807, 2.05) is 19.1 Å². The molecule has 1 aliphatic heterocycles. The van der Waals surface area contributed by atoms with E-state index in [2.05, 4.69) is 10.3 Å². The quantitative estimate of drug-likeness (QED) is 0.872. The third-order valence-electron chi connectivity index (χ3n) is 2.27. The van der Waals surface area contributed by atoms with E-state index >= 15 is 0 Å². The van der Waals surface area contributed by atoms with Crippen LogP contribution in [0.5, 0.6) is 5.75 Å². The van der Waals surface area contributed by atoms with Gasteiger partial charge in [-0.05, 0) is 32.0 Å². The van der Waals surface area contributed by atoms with Crippen LogP contribution in [0.4, 0.5) is 0 Å². The molecule has 0 radical (unpaired) electrons. The molecule has 86 valence electrons. The van der Waals surface area contributed by atoms with E-state index in [1.165, 1.54) is 0 Å². The lowest BCUT2D eigenvalue weighted by molar-refractivity contribution is 0.220. The molecule has 1 unspecified atom stereocenters. The lowest BCUT2D eigenvalue weighted by atomic mass is 10.3. The van der Waals surface area contributed by atoms with Gasteiger partial charge in [0.1, 0.15) is 11.9 Å². The van der Waals surface area contributed by atoms with Crippen LogP contribution in [0.1, 0.15) is 12.1 Å². The minimum atomic E-state index is 0. The van der Waals surface area contributed by atoms with Crippen LogP contribution in [-0.2, 0) is 0 Å². The third kappa shape index (κ3) is 3.86. The molecule has 0 bridgehead atoms. The van der Waals surface area contributed by atoms with Crippen LogP contribution < -0.4 is 10.1 Å². The fraction of sp³-hybridized carbons (Fsp3) is 0.500. The zero-order chi connectivity index (χ0) is 9.10. The molecule has 5 heteroatoms. The maximum Gasteiger partial charge on any atom is 0.140 e. The predicted octanol–water partition coefficient (Wildman–Crippen LogP) is 1.97. The number of aromatic nitrogens is 1. The SMILES string of the molecule is Cc1ncccc1OC1CCNC1.Cl.Cl. The lowest BCUT2D eigenvalue weighted by Gasteiger charge is -2.13. The van der Waals surface area contributed by atoms with Crippen LogP contribution in [0.25, 0.3) is 0 Å². The Hall–Kier alpha value is -0.510. The zero-order valence-electron chi connectivity index (χ0n) is 8.60. The van der Waals surface area contributed by atoms with Crippen LogP contribution in [0.2, 0.25) is 0 Å². The van der Waals surface area contributed by atoms with Crippen molar-refractivity contribution in [3.63, 3.8) is 0 Å². The molecule has 0 saturated carbocycles. The third-order valence-corrected chi connectivity index (χ3v) is 2.27. The summed E-state index contributed by atoms with van der Waals surface area (Å²) in [6.07, 6.45) is 3.20. The summed E-state index contributed by atoms with van der Waals surface area (Å²) in [6, 6.07) is 3.88. The van der Waals surface area contributed by atoms with Gasteiger partial charge in [0.2, 0.25) is 0 Å². The summed E-state index contributed by atoms with van der Waals surface area (Å²) in [4.78, 5) is 4.18. The summed E-state index contributed by atoms with van der Waals surface area (Å²) in [5.41, 5.74) is 0.967. The predicted molar refractivity (Wildman–Crippen MR) is 65.4 cm³/mol. The van der Waals surface area contributed by atoms with Gasteiger partial charge in [0.05, 0.1) is 5.69 Å². The number of nitrogens with one attached hydrogen (secondary N) is 1. The number of halogens is 2. The highest BCUT2D eigenvalue weighted by Gasteiger charge is 2.16. The molecule has 2 heterocycles. The van der Waals surface area contributed by atoms with Crippen molar-refractivity contribution in [3.8, 4) is 5.75 Å². The van der Waals surface area contributed by atoms with Gasteiger partial charge in [0, 0.05) is 12.7 Å². The molecule has 0 aromatic carbocycles. The maximum absolute atomic E-state index is 5.78. The Labute approximate surface area is 102 Å². The average molecular weight is 251 g/mol. The van der Waals surface area contributed by atoms with Gasteiger partial charge < -0.3 is 10.1 Å². The standard InChI is InChI=1S/C10H14N2O.2ClH/c1-8-10(3-2-5-12-8)13-9-4-6-11-7-9;;/h2-3,5,9,11H,4,6-7H2,1H3;2*1H. The first-order valence-corrected chi connectivity index (χ1v) is 4.65. The molecule has 1 aliphatic rings. The molecule has 2 rings (SSSR count). The highest BCUT2D eigenvalue weighted by molar-refractivity contribution is 5.85. The number of nitrogens with zero attached hydrogens (tertiary/aromatic N) is 1. The summed E-state index contributed by atoms with van der Waals surface area (Å²) in [5, 5.41) is 3.27. The summed E-state index contributed by atoms with van der Waals surface area (Å²) in [7, 11) is 0. The molecule has 3 nitrogen and oxygen atoms in total. The second-order valence-electron chi connectivity index (χ2n) is 3.32. The van der Waals surface area contributed by atoms with Crippen molar-refractivity contribution in [2.45, 2.75) is 19.4 Å². The van der Waals surface area contributed by atoms with Crippen LogP contribution in [0.15, 0.2) is 18.3 Å². The van der Waals surface area contributed by atoms with E-state index in [0.29, 0.717) is 6.10 Å². The number of ether oxygens (including phenoxy) is 1. The first kappa shape index (κ1) is 14.5. The van der Waals surface area contributed by atoms with Gasteiger partial charge in [-0.15, -0.1) is 24.8 Å². The van der Waals surface area contributed by atoms with Gasteiger partial charge in [-0.2, -0.15) is 0 Å². The van der Waals surface area contributed by atoms with E-state index in [-0.39, 0.29) is 24.8 Å². The van der Waals surface area contributed by atoms with Gasteiger partial charge in [-0.1, -0.05) is 0 Å². The summed E-state index contributed by atoms with van der Waals surface area (Å²) in [5.74, 6) is 0.913. The molecule has 1 N–H and O–H groups in total. The summed E-state index contributed by atoms with van der Waals surface area (Å²) >= 11 is 0. The summed E-state index contributed by atoms with van der Waals surface area (Å²) in [6.45, 7) is 3.98. The van der Waals surface area contributed by atoms with Crippen molar-refractivity contribution in [1.29, 1.82) is 0 Å². The Balaban J connectivity index is 0.000000980. The van der Waals surface area contributed by atoms with Gasteiger partial charge in [0.25, 0.3) is 0 Å². The number of hydrogen-bond acceptors (Lipinski definition) is 3. The Morgan fingerprint density at radius 2 is 2.27 bits per heavy atom. The van der Waals surface area contributed by atoms with Crippen molar-refractivity contribution in [2.24, 2.45) is 0 Å². The van der Waals surface area contributed by atoms with E-state index < -0.39 is 0 Å². The van der Waals surface area contributed by atoms with Crippen molar-refractivity contribution in [1.82, 2.24) is 10.3 Å². The molecule has 1 aromatic rings. The molecule has 1 aromatic heterocycles. The van der Waals surface area contributed by atoms with Gasteiger partial charge in [-0.25, -0.2) is 0 Å². The highest BCUT2D eigenvalue weighted by atomic mass is 35.5. The monoisotopic (exact) mass is 250 g/mol. The van der Waals surface area contributed by atoms with Gasteiger partial charge >= 0.3 is 0 Å². The van der Waals surface area contributed by atoms with Crippen molar-refractivity contribution >= 4 is 24.8 Å². The number of aryl methyl sites for hydroxylation is 1. The fourth-order valence-corrected chi connectivity index (χ4v) is 1.50. The Morgan fingerprint density at radius 3 is 2.87 bits per heavy atom. The van der Waals surface area contributed by atoms with Crippen LogP contribution in [0, 0.1) is 6.92 Å². The van der Waals surface area contributed by atoms with Gasteiger partial charge in [-0.3, -0.25) is 4.98 Å². The number of pyridine rings is 1. The van der Waals surface area contributed by atoms with Gasteiger partial charge in [0.15, 0.2) is 0 Å². The van der Waals surface area contributed by atoms with Crippen LogP contribution >= 0.6 is 24.8 Å². The second kappa shape index (κ2) is 6.88. The maximum atomic E-state index is 5.78. The van der Waals surface area contributed by atoms with Crippen molar-refractivity contribution < 1.29 is 4.74 Å². The largest absolute Gasteiger partial charge is 0.487 e. The van der Waals surface area contributed by atoms with E-state index in [9.17, 15) is 0 Å². The highest BCUT2D eigenvalue weighted by Crippen LogP contribution is 2.17. The Kier molecular flexibility index (Phi) is 6.65. The van der Waals surface area contributed by atoms with Crippen molar-refractivity contribution in [3.05, 3.63) is 24.0 Å². The second-order valence-corrected chi connectivity index (χ2v) is 3.32. The molecule has 15 heavy (non-hydrogen) atoms. The van der Waals surface area contributed by atoms with Crippen molar-refractivity contribution in [2.75, 3.05) is 13.1 Å². The Morgan fingerprint density at radius 1 is 1.47 bits per heavy atom. The molecular weight excluding hydrogens is 235 g/mol. The zero-order valence-corrected chi connectivity index (χ0v) is 10.2. The lowest BCUT2D eigenvalue weighted by Crippen LogP contribution is -2.20. The molecule has 0 spiro atoms. The number of rotatable bonds is 2. The molecule has 0 aliphatic carbocycles. The van der Waals surface area contributed by atoms with Crippen LogP contribution in [-0.4, -0.2) is 24.2 Å². The van der Waals surface area contributed by atoms with E-state index in [1.54, 1.807) is 6.20 Å². The van der Waals surface area contributed by atoms with E-state index in [0.717, 1.165) is 31.0 Å². The first-order valence-electron chi connectivity index (χ1n) is 4.65. The molecular formula is C10H16Cl2N2O. The minimum absolute atomic E-state index is 0. The molecule has 0 amide bonds. The Bertz CT molecular complexity index is 291. The topological polar surface area (TPSA) is 34.1 Å². The molecule has 1 saturated heterocycles. The normalized spacial score (nSPS) is 18.9. The van der Waals surface area contributed by atoms with E-state index in [4.69, 9.17) is 4.74 Å². The minimum Gasteiger partial charge on any atom is -0.487 e. The smallest absolute Gasteiger partial charge is 0.140 e. The van der Waals surface area contributed by atoms with Crippen LogP contribution in [0.3, 0.4) is 0 Å². The first-order chi connectivity index (χ1) is 6.36. The molecule has 1 fully saturated rings.